The Kier molecular flexibility index (Phi) is 15.9. The van der Waals surface area contributed by atoms with Crippen LogP contribution in [0.2, 0.25) is 0 Å². The molecule has 392 valence electrons. The topological polar surface area (TPSA) is 217 Å². The number of anilines is 1. The number of nitrogens with one attached hydrogen (secondary N) is 2. The van der Waals surface area contributed by atoms with Crippen LogP contribution < -0.4 is 35.6 Å². The normalized spacial score (nSPS) is 15.0. The van der Waals surface area contributed by atoms with Crippen molar-refractivity contribution in [1.82, 2.24) is 20.3 Å². The van der Waals surface area contributed by atoms with E-state index in [4.69, 9.17) is 15.5 Å². The van der Waals surface area contributed by atoms with Crippen molar-refractivity contribution in [3.05, 3.63) is 161 Å². The van der Waals surface area contributed by atoms with E-state index in [9.17, 15) is 29.1 Å². The minimum atomic E-state index is -1.09. The van der Waals surface area contributed by atoms with Crippen LogP contribution in [0.1, 0.15) is 153 Å². The van der Waals surface area contributed by atoms with E-state index >= 15 is 0 Å². The molecule has 0 radical (unpaired) electrons. The number of amides is 3. The van der Waals surface area contributed by atoms with Gasteiger partial charge in [-0.25, -0.2) is 14.9 Å². The number of hydroxylamine groups is 1. The first-order chi connectivity index (χ1) is 37.1. The average molecular weight is 1030 g/mol. The van der Waals surface area contributed by atoms with Gasteiger partial charge in [0.25, 0.3) is 11.8 Å². The van der Waals surface area contributed by atoms with Crippen LogP contribution in [0.5, 0.6) is 11.5 Å². The number of fused-ring (bicyclic) bond motifs is 4. The van der Waals surface area contributed by atoms with Gasteiger partial charge in [0.15, 0.2) is 0 Å². The predicted molar refractivity (Wildman–Crippen MR) is 288 cm³/mol. The fourth-order valence-electron chi connectivity index (χ4n) is 12.1. The number of nitrogens with zero attached hydrogens (tertiary/aromatic N) is 6. The lowest BCUT2D eigenvalue weighted by Gasteiger charge is -2.35. The molecule has 0 saturated heterocycles. The number of aryl methyl sites for hydroxylation is 2. The van der Waals surface area contributed by atoms with Crippen molar-refractivity contribution in [2.24, 2.45) is 5.11 Å². The van der Waals surface area contributed by atoms with E-state index in [1.807, 2.05) is 0 Å². The van der Waals surface area contributed by atoms with E-state index in [-0.39, 0.29) is 55.3 Å². The zero-order valence-electron chi connectivity index (χ0n) is 43.0. The summed E-state index contributed by atoms with van der Waals surface area (Å²) >= 11 is 0. The van der Waals surface area contributed by atoms with Crippen LogP contribution in [0, 0.1) is 0 Å². The number of ketones is 1. The van der Waals surface area contributed by atoms with E-state index in [1.165, 1.54) is 39.4 Å². The fourth-order valence-corrected chi connectivity index (χ4v) is 12.1. The molecule has 5 heterocycles. The Bertz CT molecular complexity index is 3290. The molecule has 0 spiro atoms. The first-order valence-electron chi connectivity index (χ1n) is 27.1. The molecule has 0 atom stereocenters. The molecule has 0 fully saturated rings. The molecule has 5 aliphatic heterocycles. The number of benzene rings is 5. The highest BCUT2D eigenvalue weighted by Crippen LogP contribution is 2.48. The zero-order valence-corrected chi connectivity index (χ0v) is 43.0. The third kappa shape index (κ3) is 11.1. The lowest BCUT2D eigenvalue weighted by Crippen LogP contribution is -2.41. The molecule has 0 unspecified atom stereocenters. The smallest absolute Gasteiger partial charge is 0.336 e. The molecule has 0 aliphatic carbocycles. The van der Waals surface area contributed by atoms with Crippen LogP contribution in [0.25, 0.3) is 16.0 Å². The number of hydrogen-bond acceptors (Lipinski definition) is 9. The molecule has 0 aromatic heterocycles. The molecule has 5 aromatic carbocycles. The Morgan fingerprint density at radius 2 is 1.46 bits per heavy atom. The molecule has 10 rings (SSSR count). The summed E-state index contributed by atoms with van der Waals surface area (Å²) in [6.07, 6.45) is 13.6. The Morgan fingerprint density at radius 3 is 2.25 bits per heavy atom. The van der Waals surface area contributed by atoms with E-state index in [0.717, 1.165) is 142 Å². The maximum atomic E-state index is 14.5. The number of unbranched alkanes of at least 4 members (excludes halogenated alkanes) is 3. The van der Waals surface area contributed by atoms with E-state index < -0.39 is 17.8 Å². The minimum Gasteiger partial charge on any atom is -0.478 e. The molecule has 0 saturated carbocycles. The molecule has 76 heavy (non-hydrogen) atoms. The van der Waals surface area contributed by atoms with Gasteiger partial charge in [0.2, 0.25) is 11.3 Å². The summed E-state index contributed by atoms with van der Waals surface area (Å²) < 4.78 is 9.81. The third-order valence-corrected chi connectivity index (χ3v) is 15.7. The van der Waals surface area contributed by atoms with Crippen LogP contribution in [0.15, 0.2) is 84.0 Å². The second kappa shape index (κ2) is 23.4. The summed E-state index contributed by atoms with van der Waals surface area (Å²) in [6.45, 7) is 4.36. The SMILES string of the molecule is [N-]=[N+]=Nc1ccc(CN(CCNC(=O)c2ccc(C(=O)O)c(C3=c4cc5c6c(c4Oc4c3cc3c7c4CCCN7CCCC3)CCC[N+]=6CCCC5)c2)C(=O)c2ccc(CC(=O)CCCCCCC(=O)NO)cc2)cc1. The molecular formula is C60H65N8O8+. The lowest BCUT2D eigenvalue weighted by molar-refractivity contribution is -0.129. The van der Waals surface area contributed by atoms with Gasteiger partial charge in [-0.05, 0) is 134 Å². The monoisotopic (exact) mass is 1030 g/mol. The number of ether oxygens (including phenoxy) is 1. The maximum Gasteiger partial charge on any atom is 0.336 e. The second-order valence-electron chi connectivity index (χ2n) is 20.8. The Balaban J connectivity index is 0.936. The Morgan fingerprint density at radius 1 is 0.737 bits per heavy atom. The third-order valence-electron chi connectivity index (χ3n) is 15.7. The Hall–Kier alpha value is -7.81. The van der Waals surface area contributed by atoms with E-state index in [1.54, 1.807) is 71.0 Å². The maximum absolute atomic E-state index is 14.5. The molecule has 5 aliphatic rings. The summed E-state index contributed by atoms with van der Waals surface area (Å²) in [7, 11) is 0. The molecule has 5 aromatic rings. The quantitative estimate of drug-likeness (QED) is 0.0116. The number of carbonyl (C=O) groups excluding carboxylic acids is 4. The predicted octanol–water partition coefficient (Wildman–Crippen LogP) is 8.57. The fraction of sp³-hybridized carbons (Fsp3) is 0.400. The summed E-state index contributed by atoms with van der Waals surface area (Å²) in [5.41, 5.74) is 21.6. The summed E-state index contributed by atoms with van der Waals surface area (Å²) in [4.78, 5) is 73.3. The number of rotatable bonds is 19. The van der Waals surface area contributed by atoms with Crippen LogP contribution >= 0.6 is 0 Å². The molecule has 4 N–H and O–H groups in total. The average Bonchev–Trinajstić information content (AvgIpc) is 3.79. The highest BCUT2D eigenvalue weighted by Gasteiger charge is 2.36. The number of Topliss-reactive ketones (excluding diaryl/α,β-unsaturated/α-hetero) is 1. The number of aromatic carboxylic acids is 1. The lowest BCUT2D eigenvalue weighted by atomic mass is 9.82. The van der Waals surface area contributed by atoms with Crippen LogP contribution in [-0.2, 0) is 48.2 Å². The molecule has 0 bridgehead atoms. The highest BCUT2D eigenvalue weighted by atomic mass is 16.5. The van der Waals surface area contributed by atoms with Crippen LogP contribution in [0.3, 0.4) is 0 Å². The van der Waals surface area contributed by atoms with E-state index in [0.29, 0.717) is 36.1 Å². The zero-order chi connectivity index (χ0) is 52.7. The van der Waals surface area contributed by atoms with Gasteiger partial charge in [-0.3, -0.25) is 24.4 Å². The van der Waals surface area contributed by atoms with Gasteiger partial charge in [-0.15, -0.1) is 0 Å². The van der Waals surface area contributed by atoms with Crippen molar-refractivity contribution in [3.8, 4) is 11.5 Å². The van der Waals surface area contributed by atoms with Crippen molar-refractivity contribution in [1.29, 1.82) is 0 Å². The second-order valence-corrected chi connectivity index (χ2v) is 20.8. The first kappa shape index (κ1) is 51.7. The molecule has 16 nitrogen and oxygen atoms in total. The number of carbonyl (C=O) groups is 5. The summed E-state index contributed by atoms with van der Waals surface area (Å²) in [5.74, 6) is -0.546. The highest BCUT2D eigenvalue weighted by molar-refractivity contribution is 6.03. The van der Waals surface area contributed by atoms with Crippen LogP contribution in [0.4, 0.5) is 11.4 Å². The Labute approximate surface area is 441 Å². The molecular weight excluding hydrogens is 961 g/mol. The number of carboxylic acids is 1. The largest absolute Gasteiger partial charge is 0.478 e. The van der Waals surface area contributed by atoms with Crippen molar-refractivity contribution in [2.45, 2.75) is 116 Å². The number of carboxylic acid groups (broad SMARTS) is 1. The van der Waals surface area contributed by atoms with E-state index in [2.05, 4.69) is 37.0 Å². The van der Waals surface area contributed by atoms with Crippen LogP contribution in [-0.4, -0.2) is 84.0 Å². The van der Waals surface area contributed by atoms with Gasteiger partial charge < -0.3 is 25.0 Å². The summed E-state index contributed by atoms with van der Waals surface area (Å²) in [6, 6.07) is 23.2. The van der Waals surface area contributed by atoms with Gasteiger partial charge in [-0.2, -0.15) is 0 Å². The summed E-state index contributed by atoms with van der Waals surface area (Å²) in [5, 5.41) is 28.5. The molecule has 16 heteroatoms. The van der Waals surface area contributed by atoms with Gasteiger partial charge in [0.1, 0.15) is 30.4 Å². The standard InChI is InChI=1S/C60H64N8O8/c61-65-63-44-24-19-39(20-25-44)37-68(59(72)40-21-17-38(18-22-40)33-45(69)13-3-1-2-4-16-52(70)64-75)32-27-62-58(71)43-23-26-46(60(73)74)49(36-43)53-50-34-41-11-5-7-28-66-30-9-14-47(54(41)66)56(50)76-57-48-15-10-31-67-29-8-6-12-42(55(48)67)35-51(53)57/h17-26,34-36H,1-16,27-33,37H2,(H3-,62,64,70,71,73,74,75)/p+1. The van der Waals surface area contributed by atoms with Crippen molar-refractivity contribution in [2.75, 3.05) is 44.2 Å². The van der Waals surface area contributed by atoms with Crippen molar-refractivity contribution >= 4 is 46.4 Å². The van der Waals surface area contributed by atoms with Gasteiger partial charge in [0.05, 0.1) is 11.1 Å². The molecule has 3 amide bonds. The van der Waals surface area contributed by atoms with Gasteiger partial charge in [-0.1, -0.05) is 54.4 Å². The number of hydrogen-bond donors (Lipinski definition) is 4. The number of azide groups is 1. The van der Waals surface area contributed by atoms with Crippen molar-refractivity contribution < 1.29 is 39.0 Å². The van der Waals surface area contributed by atoms with Crippen molar-refractivity contribution in [3.63, 3.8) is 0 Å². The first-order valence-corrected chi connectivity index (χ1v) is 27.1. The van der Waals surface area contributed by atoms with Gasteiger partial charge in [0, 0.05) is 120 Å². The minimum absolute atomic E-state index is 0.0734. The van der Waals surface area contributed by atoms with Gasteiger partial charge >= 0.3 is 5.97 Å².